The molecule has 0 radical (unpaired) electrons. The molecule has 0 aliphatic rings. The summed E-state index contributed by atoms with van der Waals surface area (Å²) in [5.41, 5.74) is 0.947. The summed E-state index contributed by atoms with van der Waals surface area (Å²) < 4.78 is 1.91. The third-order valence-electron chi connectivity index (χ3n) is 5.31. The Morgan fingerprint density at radius 2 is 1.00 bits per heavy atom. The SMILES string of the molecule is CC(C)(C)CC(=O)CC(C)(C)C.CC(C)(C)Nc1c(NC(C)(C)C)c(=O)c1=O.CC(C)(C)c1cn(C(C)(C)C)nn1. The second kappa shape index (κ2) is 13.2. The van der Waals surface area contributed by atoms with Crippen molar-refractivity contribution in [3.63, 3.8) is 0 Å². The number of nitrogens with zero attached hydrogens (tertiary/aromatic N) is 3. The van der Waals surface area contributed by atoms with E-state index in [1.807, 2.05) is 52.4 Å². The molecule has 0 atom stereocenters. The average Bonchev–Trinajstić information content (AvgIpc) is 3.18. The van der Waals surface area contributed by atoms with Gasteiger partial charge in [0.05, 0.1) is 11.2 Å². The van der Waals surface area contributed by atoms with Gasteiger partial charge in [-0.05, 0) is 73.1 Å². The maximum atomic E-state index is 11.5. The van der Waals surface area contributed by atoms with Gasteiger partial charge in [0.1, 0.15) is 17.2 Å². The highest BCUT2D eigenvalue weighted by Crippen LogP contribution is 2.26. The van der Waals surface area contributed by atoms with Crippen molar-refractivity contribution in [3.05, 3.63) is 32.3 Å². The standard InChI is InChI=1S/C12H20N2O2.C11H22O.C10H19N3/c1-11(2,3)13-7-8(10(16)9(7)15)14-12(4,5)6;1-10(2,3)7-9(12)8-11(4,5)6;1-9(2,3)8-7-13(12-11-8)10(4,5)6/h13-14H,1-6H3;7-8H2,1-6H3;7H,1-6H3. The van der Waals surface area contributed by atoms with E-state index in [9.17, 15) is 14.4 Å². The maximum Gasteiger partial charge on any atom is 0.253 e. The van der Waals surface area contributed by atoms with E-state index in [1.165, 1.54) is 0 Å². The maximum absolute atomic E-state index is 11.5. The van der Waals surface area contributed by atoms with E-state index >= 15 is 0 Å². The van der Waals surface area contributed by atoms with Crippen molar-refractivity contribution in [1.29, 1.82) is 0 Å². The summed E-state index contributed by atoms with van der Waals surface area (Å²) in [5, 5.41) is 14.4. The smallest absolute Gasteiger partial charge is 0.253 e. The van der Waals surface area contributed by atoms with Crippen LogP contribution in [0.4, 0.5) is 11.4 Å². The average molecular weight is 576 g/mol. The summed E-state index contributed by atoms with van der Waals surface area (Å²) in [5.74, 6) is 0.384. The van der Waals surface area contributed by atoms with Gasteiger partial charge in [0.2, 0.25) is 0 Å². The van der Waals surface area contributed by atoms with Crippen molar-refractivity contribution in [3.8, 4) is 0 Å². The minimum atomic E-state index is -0.429. The number of rotatable bonds is 4. The van der Waals surface area contributed by atoms with E-state index in [-0.39, 0.29) is 32.9 Å². The molecule has 0 spiro atoms. The third-order valence-corrected chi connectivity index (χ3v) is 5.31. The van der Waals surface area contributed by atoms with Gasteiger partial charge >= 0.3 is 0 Å². The summed E-state index contributed by atoms with van der Waals surface area (Å²) in [4.78, 5) is 34.3. The minimum Gasteiger partial charge on any atom is -0.375 e. The second-order valence-corrected chi connectivity index (χ2v) is 17.6. The van der Waals surface area contributed by atoms with E-state index in [0.29, 0.717) is 30.0 Å². The van der Waals surface area contributed by atoms with Gasteiger partial charge in [0.15, 0.2) is 0 Å². The third kappa shape index (κ3) is 15.9. The monoisotopic (exact) mass is 575 g/mol. The van der Waals surface area contributed by atoms with Crippen LogP contribution in [0.3, 0.4) is 0 Å². The molecule has 8 heteroatoms. The van der Waals surface area contributed by atoms with Crippen molar-refractivity contribution in [1.82, 2.24) is 15.0 Å². The number of Topliss-reactive ketones (excluding diaryl/α,β-unsaturated/α-hetero) is 1. The van der Waals surface area contributed by atoms with Crippen molar-refractivity contribution < 1.29 is 4.79 Å². The fraction of sp³-hybridized carbons (Fsp3) is 0.788. The number of carbonyl (C=O) groups excluding carboxylic acids is 1. The predicted molar refractivity (Wildman–Crippen MR) is 175 cm³/mol. The van der Waals surface area contributed by atoms with Gasteiger partial charge < -0.3 is 10.6 Å². The molecule has 0 bridgehead atoms. The van der Waals surface area contributed by atoms with Crippen molar-refractivity contribution >= 4 is 17.2 Å². The molecule has 0 amide bonds. The number of hydrogen-bond donors (Lipinski definition) is 2. The predicted octanol–water partition coefficient (Wildman–Crippen LogP) is 7.46. The van der Waals surface area contributed by atoms with Gasteiger partial charge in [0, 0.05) is 35.5 Å². The van der Waals surface area contributed by atoms with E-state index < -0.39 is 10.9 Å². The fourth-order valence-electron chi connectivity index (χ4n) is 3.56. The van der Waals surface area contributed by atoms with Gasteiger partial charge in [-0.2, -0.15) is 0 Å². The first-order valence-corrected chi connectivity index (χ1v) is 14.7. The molecule has 2 rings (SSSR count). The Bertz CT molecular complexity index is 1100. The lowest BCUT2D eigenvalue weighted by Gasteiger charge is -2.28. The molecular weight excluding hydrogens is 514 g/mol. The summed E-state index contributed by atoms with van der Waals surface area (Å²) in [6.45, 7) is 37.1. The van der Waals surface area contributed by atoms with Gasteiger partial charge in [-0.1, -0.05) is 67.5 Å². The van der Waals surface area contributed by atoms with Crippen LogP contribution in [0, 0.1) is 10.8 Å². The van der Waals surface area contributed by atoms with Gasteiger partial charge in [-0.25, -0.2) is 4.68 Å². The molecule has 0 saturated heterocycles. The minimum absolute atomic E-state index is 0.0243. The Balaban J connectivity index is 0.000000593. The molecule has 0 aliphatic carbocycles. The van der Waals surface area contributed by atoms with Gasteiger partial charge in [-0.3, -0.25) is 14.4 Å². The van der Waals surface area contributed by atoms with Gasteiger partial charge in [0.25, 0.3) is 10.9 Å². The summed E-state index contributed by atoms with van der Waals surface area (Å²) in [7, 11) is 0. The molecule has 236 valence electrons. The van der Waals surface area contributed by atoms with E-state index in [2.05, 4.69) is 104 Å². The highest BCUT2D eigenvalue weighted by molar-refractivity contribution is 5.79. The lowest BCUT2D eigenvalue weighted by molar-refractivity contribution is -0.122. The molecule has 0 fully saturated rings. The zero-order valence-electron chi connectivity index (χ0n) is 29.6. The van der Waals surface area contributed by atoms with Crippen LogP contribution >= 0.6 is 0 Å². The Labute approximate surface area is 250 Å². The number of ketones is 1. The van der Waals surface area contributed by atoms with Crippen LogP contribution in [0.1, 0.15) is 143 Å². The number of aromatic nitrogens is 3. The molecule has 2 N–H and O–H groups in total. The summed E-state index contributed by atoms with van der Waals surface area (Å²) in [6, 6.07) is 0. The lowest BCUT2D eigenvalue weighted by atomic mass is 9.83. The molecule has 1 aromatic heterocycles. The Morgan fingerprint density at radius 1 is 0.659 bits per heavy atom. The summed E-state index contributed by atoms with van der Waals surface area (Å²) >= 11 is 0. The molecule has 41 heavy (non-hydrogen) atoms. The first kappa shape index (κ1) is 38.5. The Hall–Kier alpha value is -2.51. The molecular formula is C33H61N5O3. The Morgan fingerprint density at radius 3 is 1.20 bits per heavy atom. The molecule has 1 aromatic carbocycles. The highest BCUT2D eigenvalue weighted by atomic mass is 16.2. The van der Waals surface area contributed by atoms with Crippen LogP contribution in [0.25, 0.3) is 0 Å². The zero-order chi connectivity index (χ0) is 33.0. The second-order valence-electron chi connectivity index (χ2n) is 17.6. The normalized spacial score (nSPS) is 13.1. The van der Waals surface area contributed by atoms with Crippen LogP contribution < -0.4 is 21.5 Å². The highest BCUT2D eigenvalue weighted by Gasteiger charge is 2.27. The molecule has 0 unspecified atom stereocenters. The molecule has 2 aromatic rings. The van der Waals surface area contributed by atoms with Crippen molar-refractivity contribution in [2.45, 2.75) is 160 Å². The Kier molecular flexibility index (Phi) is 12.4. The number of nitrogens with one attached hydrogen (secondary N) is 2. The van der Waals surface area contributed by atoms with Crippen LogP contribution in [-0.4, -0.2) is 31.9 Å². The number of anilines is 2. The first-order valence-electron chi connectivity index (χ1n) is 14.7. The first-order chi connectivity index (χ1) is 17.8. The van der Waals surface area contributed by atoms with Crippen LogP contribution in [0.15, 0.2) is 15.8 Å². The van der Waals surface area contributed by atoms with Crippen molar-refractivity contribution in [2.75, 3.05) is 10.6 Å². The number of carbonyl (C=O) groups is 1. The fourth-order valence-corrected chi connectivity index (χ4v) is 3.56. The van der Waals surface area contributed by atoms with Crippen LogP contribution in [-0.2, 0) is 15.7 Å². The number of hydrogen-bond acceptors (Lipinski definition) is 7. The van der Waals surface area contributed by atoms with E-state index in [1.54, 1.807) is 0 Å². The summed E-state index contributed by atoms with van der Waals surface area (Å²) in [6.07, 6.45) is 3.43. The lowest BCUT2D eigenvalue weighted by Crippen LogP contribution is -2.44. The molecule has 0 saturated carbocycles. The van der Waals surface area contributed by atoms with E-state index in [4.69, 9.17) is 0 Å². The van der Waals surface area contributed by atoms with Crippen LogP contribution in [0.2, 0.25) is 0 Å². The molecule has 8 nitrogen and oxygen atoms in total. The largest absolute Gasteiger partial charge is 0.375 e. The van der Waals surface area contributed by atoms with Gasteiger partial charge in [-0.15, -0.1) is 5.10 Å². The molecule has 0 aliphatic heterocycles. The quantitative estimate of drug-likeness (QED) is 0.364. The van der Waals surface area contributed by atoms with E-state index in [0.717, 1.165) is 5.69 Å². The topological polar surface area (TPSA) is 106 Å². The molecule has 1 heterocycles. The van der Waals surface area contributed by atoms with Crippen molar-refractivity contribution in [2.24, 2.45) is 10.8 Å². The van der Waals surface area contributed by atoms with Crippen LogP contribution in [0.5, 0.6) is 0 Å². The zero-order valence-corrected chi connectivity index (χ0v) is 29.6.